The van der Waals surface area contributed by atoms with Crippen LogP contribution in [0.4, 0.5) is 0 Å². The number of ether oxygens (including phenoxy) is 2. The minimum Gasteiger partial charge on any atom is -0.464 e. The zero-order valence-electron chi connectivity index (χ0n) is 26.7. The Labute approximate surface area is 241 Å². The minimum absolute atomic E-state index is 0.0495. The molecular weight excluding hydrogens is 545 g/mol. The molecule has 0 fully saturated rings. The van der Waals surface area contributed by atoms with Crippen molar-refractivity contribution < 1.29 is 27.9 Å². The summed E-state index contributed by atoms with van der Waals surface area (Å²) in [7, 11) is -3.36. The number of nitrogens with zero attached hydrogens (tertiary/aromatic N) is 4. The molecule has 0 saturated heterocycles. The van der Waals surface area contributed by atoms with Gasteiger partial charge in [0.1, 0.15) is 0 Å². The van der Waals surface area contributed by atoms with E-state index in [4.69, 9.17) is 28.5 Å². The van der Waals surface area contributed by atoms with Crippen molar-refractivity contribution in [3.63, 3.8) is 0 Å². The maximum Gasteiger partial charge on any atom is 0.358 e. The summed E-state index contributed by atoms with van der Waals surface area (Å²) in [4.78, 5) is 26.4. The third-order valence-electron chi connectivity index (χ3n) is 8.35. The molecule has 4 bridgehead atoms. The lowest BCUT2D eigenvalue weighted by Crippen LogP contribution is -2.57. The first-order valence-corrected chi connectivity index (χ1v) is 18.1. The van der Waals surface area contributed by atoms with Gasteiger partial charge in [0.05, 0.1) is 25.4 Å². The predicted molar refractivity (Wildman–Crippen MR) is 158 cm³/mol. The van der Waals surface area contributed by atoms with E-state index in [1.165, 1.54) is 14.2 Å². The zero-order chi connectivity index (χ0) is 30.6. The molecule has 40 heavy (non-hydrogen) atoms. The van der Waals surface area contributed by atoms with Crippen molar-refractivity contribution in [3.05, 3.63) is 34.9 Å². The molecule has 10 nitrogen and oxygen atoms in total. The molecule has 0 aliphatic carbocycles. The van der Waals surface area contributed by atoms with Gasteiger partial charge >= 0.3 is 28.9 Å². The molecular formula is C28H48N4O6Si2. The molecule has 0 aromatic carbocycles. The number of carbonyl (C=O) groups is 2. The maximum absolute atomic E-state index is 13.2. The molecule has 0 unspecified atom stereocenters. The van der Waals surface area contributed by atoms with Crippen LogP contribution in [-0.4, -0.2) is 62.0 Å². The fourth-order valence-corrected chi connectivity index (χ4v) is 15.3. The Morgan fingerprint density at radius 1 is 0.675 bits per heavy atom. The molecule has 0 amide bonds. The van der Waals surface area contributed by atoms with Gasteiger partial charge in [-0.2, -0.15) is 10.2 Å². The van der Waals surface area contributed by atoms with Crippen molar-refractivity contribution in [1.82, 2.24) is 18.9 Å². The maximum atomic E-state index is 13.2. The third-order valence-corrected chi connectivity index (χ3v) is 18.5. The first-order chi connectivity index (χ1) is 18.3. The molecule has 0 atom stereocenters. The fraction of sp³-hybridized carbons (Fsp3) is 0.714. The van der Waals surface area contributed by atoms with E-state index in [1.54, 1.807) is 0 Å². The zero-order valence-corrected chi connectivity index (χ0v) is 28.7. The molecule has 2 aromatic heterocycles. The monoisotopic (exact) mass is 592 g/mol. The van der Waals surface area contributed by atoms with E-state index in [1.807, 2.05) is 48.8 Å². The Kier molecular flexibility index (Phi) is 8.74. The first-order valence-electron chi connectivity index (χ1n) is 14.1. The molecule has 3 rings (SSSR count). The van der Waals surface area contributed by atoms with E-state index in [0.29, 0.717) is 11.1 Å². The van der Waals surface area contributed by atoms with Crippen LogP contribution in [0.15, 0.2) is 12.4 Å². The van der Waals surface area contributed by atoms with Gasteiger partial charge < -0.3 is 18.3 Å². The molecule has 2 aromatic rings. The van der Waals surface area contributed by atoms with E-state index in [-0.39, 0.29) is 33.6 Å². The van der Waals surface area contributed by atoms with Crippen molar-refractivity contribution in [1.29, 1.82) is 0 Å². The van der Waals surface area contributed by atoms with Crippen LogP contribution in [-0.2, 0) is 29.5 Å². The Hall–Kier alpha value is -2.29. The highest BCUT2D eigenvalue weighted by molar-refractivity contribution is 6.75. The second-order valence-electron chi connectivity index (χ2n) is 13.0. The average Bonchev–Trinajstić information content (AvgIpc) is 3.50. The van der Waals surface area contributed by atoms with Crippen molar-refractivity contribution in [2.45, 2.75) is 116 Å². The van der Waals surface area contributed by atoms with Crippen molar-refractivity contribution in [3.8, 4) is 0 Å². The van der Waals surface area contributed by atoms with E-state index >= 15 is 0 Å². The predicted octanol–water partition coefficient (Wildman–Crippen LogP) is 6.09. The molecule has 3 heterocycles. The minimum atomic E-state index is -3.04. The fourth-order valence-electron chi connectivity index (χ4n) is 6.37. The molecule has 12 heteroatoms. The Morgan fingerprint density at radius 3 is 1.18 bits per heavy atom. The smallest absolute Gasteiger partial charge is 0.358 e. The van der Waals surface area contributed by atoms with E-state index in [2.05, 4.69) is 55.4 Å². The quantitative estimate of drug-likeness (QED) is 0.293. The molecule has 0 spiro atoms. The van der Waals surface area contributed by atoms with Gasteiger partial charge in [-0.1, -0.05) is 55.4 Å². The molecule has 1 aliphatic rings. The second-order valence-corrected chi connectivity index (χ2v) is 22.0. The van der Waals surface area contributed by atoms with Crippen LogP contribution in [0.2, 0.25) is 22.2 Å². The standard InChI is InChI=1S/C28H48N4O6Si2/c1-17(2)39(18(3)4)31-15-21(23(29-31)25(33)35-13)28(11,12)38-40(19(5)6,20(7)8)32-16-22(27(9,10)37-39)24(30-32)26(34)36-14/h15-20H,1-14H3. The summed E-state index contributed by atoms with van der Waals surface area (Å²) >= 11 is 0. The Balaban J connectivity index is 2.57. The van der Waals surface area contributed by atoms with Crippen LogP contribution in [0, 0.1) is 0 Å². The topological polar surface area (TPSA) is 107 Å². The summed E-state index contributed by atoms with van der Waals surface area (Å²) in [6.07, 6.45) is 3.87. The second kappa shape index (κ2) is 10.8. The van der Waals surface area contributed by atoms with Crippen molar-refractivity contribution in [2.75, 3.05) is 14.2 Å². The summed E-state index contributed by atoms with van der Waals surface area (Å²) in [5.74, 6) is -1.05. The van der Waals surface area contributed by atoms with Crippen LogP contribution >= 0.6 is 0 Å². The number of fused-ring (bicyclic) bond motifs is 4. The number of rotatable bonds is 6. The lowest BCUT2D eigenvalue weighted by molar-refractivity contribution is 0.0544. The van der Waals surface area contributed by atoms with Gasteiger partial charge in [0, 0.05) is 23.5 Å². The Bertz CT molecular complexity index is 1150. The van der Waals surface area contributed by atoms with Crippen LogP contribution in [0.5, 0.6) is 0 Å². The molecule has 0 N–H and O–H groups in total. The average molecular weight is 593 g/mol. The summed E-state index contributed by atoms with van der Waals surface area (Å²) < 4.78 is 28.8. The number of methoxy groups -OCH3 is 2. The van der Waals surface area contributed by atoms with Crippen LogP contribution in [0.25, 0.3) is 0 Å². The van der Waals surface area contributed by atoms with Crippen LogP contribution in [0.3, 0.4) is 0 Å². The van der Waals surface area contributed by atoms with E-state index < -0.39 is 40.1 Å². The largest absolute Gasteiger partial charge is 0.464 e. The lowest BCUT2D eigenvalue weighted by Gasteiger charge is -2.45. The van der Waals surface area contributed by atoms with Gasteiger partial charge in [-0.3, -0.25) is 8.69 Å². The highest BCUT2D eigenvalue weighted by Gasteiger charge is 2.56. The van der Waals surface area contributed by atoms with Gasteiger partial charge in [-0.05, 0) is 49.9 Å². The summed E-state index contributed by atoms with van der Waals surface area (Å²) in [6, 6.07) is 0. The summed E-state index contributed by atoms with van der Waals surface area (Å²) in [5.41, 5.74) is 0.000831. The number of carbonyl (C=O) groups excluding carboxylic acids is 2. The SMILES string of the molecule is COC(=O)c1nn2cc1C(C)(C)O[Si](C(C)C)(C(C)C)n1cc(c(C(=O)OC)n1)C(C)(C)O[Si]2(C(C)C)C(C)C. The number of aromatic nitrogens is 4. The summed E-state index contributed by atoms with van der Waals surface area (Å²) in [5, 5.41) is 9.83. The van der Waals surface area contributed by atoms with Gasteiger partial charge in [0.25, 0.3) is 0 Å². The molecule has 1 aliphatic heterocycles. The summed E-state index contributed by atoms with van der Waals surface area (Å²) in [6.45, 7) is 24.8. The highest BCUT2D eigenvalue weighted by Crippen LogP contribution is 2.47. The van der Waals surface area contributed by atoms with E-state index in [9.17, 15) is 9.59 Å². The van der Waals surface area contributed by atoms with Crippen molar-refractivity contribution >= 4 is 28.9 Å². The molecule has 224 valence electrons. The van der Waals surface area contributed by atoms with E-state index in [0.717, 1.165) is 0 Å². The third kappa shape index (κ3) is 4.90. The first kappa shape index (κ1) is 32.2. The van der Waals surface area contributed by atoms with Gasteiger partial charge in [0.15, 0.2) is 11.4 Å². The molecule has 0 saturated carbocycles. The number of esters is 2. The van der Waals surface area contributed by atoms with Gasteiger partial charge in [-0.25, -0.2) is 9.59 Å². The normalized spacial score (nSPS) is 19.4. The van der Waals surface area contributed by atoms with Gasteiger partial charge in [0.2, 0.25) is 0 Å². The number of hydrogen-bond acceptors (Lipinski definition) is 8. The van der Waals surface area contributed by atoms with Crippen LogP contribution < -0.4 is 0 Å². The lowest BCUT2D eigenvalue weighted by atomic mass is 9.99. The Morgan fingerprint density at radius 2 is 0.950 bits per heavy atom. The molecule has 0 radical (unpaired) electrons. The number of hydrogen-bond donors (Lipinski definition) is 0. The van der Waals surface area contributed by atoms with Gasteiger partial charge in [-0.15, -0.1) is 0 Å². The van der Waals surface area contributed by atoms with Crippen molar-refractivity contribution in [2.24, 2.45) is 0 Å². The van der Waals surface area contributed by atoms with Crippen LogP contribution in [0.1, 0.15) is 115 Å². The highest BCUT2D eigenvalue weighted by atomic mass is 28.4.